The third-order valence-electron chi connectivity index (χ3n) is 2.86. The number of carbonyl (C=O) groups excluding carboxylic acids is 2. The van der Waals surface area contributed by atoms with E-state index in [2.05, 4.69) is 20.8 Å². The van der Waals surface area contributed by atoms with Crippen molar-refractivity contribution in [3.8, 4) is 0 Å². The van der Waals surface area contributed by atoms with Crippen molar-refractivity contribution in [3.05, 3.63) is 0 Å². The highest BCUT2D eigenvalue weighted by Gasteiger charge is 2.26. The zero-order valence-corrected chi connectivity index (χ0v) is 15.1. The number of aromatic nitrogens is 2. The number of hydrogen-bond donors (Lipinski definition) is 2. The lowest BCUT2D eigenvalue weighted by molar-refractivity contribution is -0.120. The molecule has 0 saturated heterocycles. The van der Waals surface area contributed by atoms with Crippen LogP contribution < -0.4 is 10.6 Å². The first kappa shape index (κ1) is 17.6. The maximum atomic E-state index is 11.9. The Morgan fingerprint density at radius 3 is 2.77 bits per heavy atom. The highest BCUT2D eigenvalue weighted by atomic mass is 32.2. The molecule has 0 unspecified atom stereocenters. The molecule has 0 radical (unpaired) electrons. The van der Waals surface area contributed by atoms with Crippen LogP contribution in [-0.2, 0) is 9.59 Å². The smallest absolute Gasteiger partial charge is 0.233 e. The maximum Gasteiger partial charge on any atom is 0.233 e. The fourth-order valence-corrected chi connectivity index (χ4v) is 4.50. The molecule has 1 aliphatic rings. The van der Waals surface area contributed by atoms with Gasteiger partial charge in [-0.3, -0.25) is 9.59 Å². The molecular formula is C13H20N4O2S3. The Kier molecular flexibility index (Phi) is 6.97. The number of nitrogens with one attached hydrogen (secondary N) is 2. The number of carbonyl (C=O) groups is 2. The summed E-state index contributed by atoms with van der Waals surface area (Å²) < 4.78 is 1.51. The normalized spacial score (nSPS) is 15.4. The van der Waals surface area contributed by atoms with Crippen molar-refractivity contribution in [2.24, 2.45) is 0 Å². The van der Waals surface area contributed by atoms with Gasteiger partial charge in [-0.15, -0.1) is 10.2 Å². The van der Waals surface area contributed by atoms with Gasteiger partial charge in [0.1, 0.15) is 0 Å². The first-order valence-corrected chi connectivity index (χ1v) is 9.96. The minimum atomic E-state index is -0.181. The van der Waals surface area contributed by atoms with Crippen molar-refractivity contribution < 1.29 is 9.59 Å². The van der Waals surface area contributed by atoms with Gasteiger partial charge in [0.05, 0.1) is 11.0 Å². The van der Waals surface area contributed by atoms with Crippen molar-refractivity contribution >= 4 is 46.7 Å². The molecule has 1 heterocycles. The summed E-state index contributed by atoms with van der Waals surface area (Å²) >= 11 is 4.21. The van der Waals surface area contributed by atoms with E-state index in [1.165, 1.54) is 34.9 Å². The third kappa shape index (κ3) is 6.13. The standard InChI is InChI=1S/C13H20N4O2S3/c1-3-6-14-10(18)7-20-12-16-17-13(22-12)21-8(2)11(19)15-9-4-5-9/h8-9H,3-7H2,1-2H3,(H,14,18)(H,15,19)/t8-/m1/s1. The number of hydrogen-bond acceptors (Lipinski definition) is 7. The molecule has 0 aliphatic heterocycles. The van der Waals surface area contributed by atoms with Gasteiger partial charge in [-0.25, -0.2) is 0 Å². The van der Waals surface area contributed by atoms with Crippen LogP contribution in [0.15, 0.2) is 8.68 Å². The lowest BCUT2D eigenvalue weighted by Gasteiger charge is -2.08. The molecule has 1 atom stereocenters. The highest BCUT2D eigenvalue weighted by Crippen LogP contribution is 2.31. The van der Waals surface area contributed by atoms with Gasteiger partial charge in [-0.2, -0.15) is 0 Å². The lowest BCUT2D eigenvalue weighted by atomic mass is 10.4. The second kappa shape index (κ2) is 8.73. The Balaban J connectivity index is 1.73. The van der Waals surface area contributed by atoms with E-state index >= 15 is 0 Å². The fourth-order valence-electron chi connectivity index (χ4n) is 1.50. The van der Waals surface area contributed by atoms with E-state index < -0.39 is 0 Å². The average Bonchev–Trinajstić information content (AvgIpc) is 3.20. The van der Waals surface area contributed by atoms with Gasteiger partial charge in [0.2, 0.25) is 11.8 Å². The van der Waals surface area contributed by atoms with E-state index in [9.17, 15) is 9.59 Å². The highest BCUT2D eigenvalue weighted by molar-refractivity contribution is 8.04. The van der Waals surface area contributed by atoms with Crippen molar-refractivity contribution in [1.29, 1.82) is 0 Å². The second-order valence-electron chi connectivity index (χ2n) is 5.02. The van der Waals surface area contributed by atoms with Crippen molar-refractivity contribution in [2.75, 3.05) is 12.3 Å². The second-order valence-corrected chi connectivity index (χ2v) is 8.80. The van der Waals surface area contributed by atoms with E-state index in [-0.39, 0.29) is 17.1 Å². The van der Waals surface area contributed by atoms with Gasteiger partial charge >= 0.3 is 0 Å². The summed E-state index contributed by atoms with van der Waals surface area (Å²) in [4.78, 5) is 23.4. The maximum absolute atomic E-state index is 11.9. The van der Waals surface area contributed by atoms with Crippen molar-refractivity contribution in [3.63, 3.8) is 0 Å². The predicted octanol–water partition coefficient (Wildman–Crippen LogP) is 1.92. The van der Waals surface area contributed by atoms with Crippen LogP contribution >= 0.6 is 34.9 Å². The summed E-state index contributed by atoms with van der Waals surface area (Å²) in [6.07, 6.45) is 3.10. The number of thioether (sulfide) groups is 2. The lowest BCUT2D eigenvalue weighted by Crippen LogP contribution is -2.32. The van der Waals surface area contributed by atoms with Gasteiger partial charge in [-0.05, 0) is 26.2 Å². The number of nitrogens with zero attached hydrogens (tertiary/aromatic N) is 2. The topological polar surface area (TPSA) is 84.0 Å². The first-order valence-electron chi connectivity index (χ1n) is 7.28. The molecule has 0 bridgehead atoms. The van der Waals surface area contributed by atoms with Crippen LogP contribution in [0.3, 0.4) is 0 Å². The molecule has 1 saturated carbocycles. The number of amides is 2. The quantitative estimate of drug-likeness (QED) is 0.655. The summed E-state index contributed by atoms with van der Waals surface area (Å²) in [5.41, 5.74) is 0. The van der Waals surface area contributed by atoms with E-state index in [0.29, 0.717) is 18.3 Å². The zero-order chi connectivity index (χ0) is 15.9. The molecule has 1 aliphatic carbocycles. The molecule has 2 N–H and O–H groups in total. The van der Waals surface area contributed by atoms with Crippen LogP contribution in [0, 0.1) is 0 Å². The van der Waals surface area contributed by atoms with Crippen molar-refractivity contribution in [1.82, 2.24) is 20.8 Å². The van der Waals surface area contributed by atoms with Gasteiger partial charge < -0.3 is 10.6 Å². The molecule has 0 aromatic carbocycles. The molecule has 1 fully saturated rings. The van der Waals surface area contributed by atoms with E-state index in [1.807, 2.05) is 13.8 Å². The fraction of sp³-hybridized carbons (Fsp3) is 0.692. The Bertz CT molecular complexity index is 519. The van der Waals surface area contributed by atoms with Crippen LogP contribution in [0.4, 0.5) is 0 Å². The molecular weight excluding hydrogens is 340 g/mol. The first-order chi connectivity index (χ1) is 10.6. The Morgan fingerprint density at radius 1 is 1.36 bits per heavy atom. The van der Waals surface area contributed by atoms with Gasteiger partial charge in [0.25, 0.3) is 0 Å². The molecule has 2 rings (SSSR count). The molecule has 1 aromatic rings. The van der Waals surface area contributed by atoms with Gasteiger partial charge in [0.15, 0.2) is 8.68 Å². The largest absolute Gasteiger partial charge is 0.355 e. The molecule has 2 amide bonds. The Labute approximate surface area is 142 Å². The molecule has 9 heteroatoms. The summed E-state index contributed by atoms with van der Waals surface area (Å²) in [5, 5.41) is 13.7. The average molecular weight is 361 g/mol. The van der Waals surface area contributed by atoms with Crippen molar-refractivity contribution in [2.45, 2.75) is 53.1 Å². The van der Waals surface area contributed by atoms with Gasteiger partial charge in [-0.1, -0.05) is 41.8 Å². The number of rotatable bonds is 9. The van der Waals surface area contributed by atoms with Crippen LogP contribution in [0.25, 0.3) is 0 Å². The molecule has 22 heavy (non-hydrogen) atoms. The SMILES string of the molecule is CCCNC(=O)CSc1nnc(S[C@H](C)C(=O)NC2CC2)s1. The van der Waals surface area contributed by atoms with Gasteiger partial charge in [0, 0.05) is 12.6 Å². The molecule has 122 valence electrons. The minimum absolute atomic E-state index is 0.00781. The monoisotopic (exact) mass is 360 g/mol. The van der Waals surface area contributed by atoms with Crippen LogP contribution in [0.2, 0.25) is 0 Å². The summed E-state index contributed by atoms with van der Waals surface area (Å²) in [6, 6.07) is 0.373. The Hall–Kier alpha value is -0.800. The van der Waals surface area contributed by atoms with E-state index in [1.54, 1.807) is 0 Å². The summed E-state index contributed by atoms with van der Waals surface area (Å²) in [6.45, 7) is 4.58. The third-order valence-corrected chi connectivity index (χ3v) is 6.10. The zero-order valence-electron chi connectivity index (χ0n) is 12.6. The minimum Gasteiger partial charge on any atom is -0.355 e. The summed E-state index contributed by atoms with van der Waals surface area (Å²) in [5.74, 6) is 0.404. The molecule has 1 aromatic heterocycles. The molecule has 6 nitrogen and oxygen atoms in total. The molecule has 0 spiro atoms. The van der Waals surface area contributed by atoms with Crippen LogP contribution in [0.1, 0.15) is 33.1 Å². The van der Waals surface area contributed by atoms with Crippen LogP contribution in [-0.4, -0.2) is 45.6 Å². The Morgan fingerprint density at radius 2 is 2.09 bits per heavy atom. The predicted molar refractivity (Wildman–Crippen MR) is 90.4 cm³/mol. The summed E-state index contributed by atoms with van der Waals surface area (Å²) in [7, 11) is 0. The van der Waals surface area contributed by atoms with E-state index in [4.69, 9.17) is 0 Å². The van der Waals surface area contributed by atoms with Crippen LogP contribution in [0.5, 0.6) is 0 Å². The van der Waals surface area contributed by atoms with E-state index in [0.717, 1.165) is 27.9 Å².